The predicted octanol–water partition coefficient (Wildman–Crippen LogP) is 4.27. The van der Waals surface area contributed by atoms with Gasteiger partial charge in [-0.05, 0) is 19.3 Å². The lowest BCUT2D eigenvalue weighted by molar-refractivity contribution is -0.302. The van der Waals surface area contributed by atoms with Crippen LogP contribution >= 0.6 is 0 Å². The topological polar surface area (TPSA) is 149 Å². The van der Waals surface area contributed by atoms with E-state index < -0.39 is 49.5 Å². The van der Waals surface area contributed by atoms with Gasteiger partial charge in [0.25, 0.3) is 0 Å². The van der Waals surface area contributed by atoms with E-state index in [0.29, 0.717) is 6.42 Å². The van der Waals surface area contributed by atoms with Gasteiger partial charge in [-0.25, -0.2) is 0 Å². The van der Waals surface area contributed by atoms with Crippen molar-refractivity contribution in [3.05, 3.63) is 12.2 Å². The number of allylic oxidation sites excluding steroid dienone is 1. The highest BCUT2D eigenvalue weighted by atomic mass is 16.7. The molecule has 9 nitrogen and oxygen atoms in total. The number of rotatable bonds is 25. The summed E-state index contributed by atoms with van der Waals surface area (Å²) >= 11 is 0. The maximum atomic E-state index is 12.6. The molecule has 6 N–H and O–H groups in total. The molecule has 242 valence electrons. The minimum absolute atomic E-state index is 0.186. The van der Waals surface area contributed by atoms with Crippen LogP contribution in [0.5, 0.6) is 0 Å². The molecule has 1 amide bonds. The zero-order valence-electron chi connectivity index (χ0n) is 25.8. The van der Waals surface area contributed by atoms with Crippen molar-refractivity contribution >= 4 is 5.91 Å². The van der Waals surface area contributed by atoms with E-state index in [9.17, 15) is 30.3 Å². The average Bonchev–Trinajstić information content (AvgIpc) is 2.97. The number of carbonyl (C=O) groups is 1. The molecule has 1 rings (SSSR count). The molecule has 1 fully saturated rings. The van der Waals surface area contributed by atoms with E-state index in [0.717, 1.165) is 44.9 Å². The van der Waals surface area contributed by atoms with Gasteiger partial charge in [0, 0.05) is 6.42 Å². The van der Waals surface area contributed by atoms with Crippen molar-refractivity contribution in [1.29, 1.82) is 0 Å². The first-order valence-corrected chi connectivity index (χ1v) is 16.4. The fourth-order valence-corrected chi connectivity index (χ4v) is 5.09. The Labute approximate surface area is 248 Å². The Morgan fingerprint density at radius 2 is 1.34 bits per heavy atom. The third-order valence-corrected chi connectivity index (χ3v) is 7.86. The largest absolute Gasteiger partial charge is 0.394 e. The number of unbranched alkanes of at least 4 members (excludes halogenated alkanes) is 15. The third kappa shape index (κ3) is 17.0. The molecule has 0 saturated carbocycles. The Morgan fingerprint density at radius 3 is 1.90 bits per heavy atom. The minimum atomic E-state index is -1.56. The van der Waals surface area contributed by atoms with Crippen LogP contribution in [-0.2, 0) is 14.3 Å². The van der Waals surface area contributed by atoms with Crippen molar-refractivity contribution in [3.63, 3.8) is 0 Å². The normalized spacial score (nSPS) is 24.5. The van der Waals surface area contributed by atoms with Crippen molar-refractivity contribution in [3.8, 4) is 0 Å². The molecule has 0 radical (unpaired) electrons. The lowest BCUT2D eigenvalue weighted by Crippen LogP contribution is -2.60. The van der Waals surface area contributed by atoms with E-state index in [1.807, 2.05) is 6.08 Å². The molecule has 7 atom stereocenters. The monoisotopic (exact) mass is 587 g/mol. The van der Waals surface area contributed by atoms with Crippen molar-refractivity contribution < 1.29 is 39.8 Å². The predicted molar refractivity (Wildman–Crippen MR) is 161 cm³/mol. The summed E-state index contributed by atoms with van der Waals surface area (Å²) in [5.41, 5.74) is 0. The van der Waals surface area contributed by atoms with Gasteiger partial charge in [-0.2, -0.15) is 0 Å². The summed E-state index contributed by atoms with van der Waals surface area (Å²) in [5.74, 6) is -0.190. The number of hydrogen-bond acceptors (Lipinski definition) is 8. The first-order valence-electron chi connectivity index (χ1n) is 16.4. The molecule has 1 aliphatic heterocycles. The lowest BCUT2D eigenvalue weighted by Gasteiger charge is -2.40. The third-order valence-electron chi connectivity index (χ3n) is 7.86. The second-order valence-corrected chi connectivity index (χ2v) is 11.6. The number of aliphatic hydroxyl groups is 5. The molecule has 0 spiro atoms. The Bertz CT molecular complexity index is 662. The quantitative estimate of drug-likeness (QED) is 0.0685. The van der Waals surface area contributed by atoms with Crippen LogP contribution in [0.4, 0.5) is 0 Å². The first kappa shape index (κ1) is 38.0. The number of ether oxygens (including phenoxy) is 2. The molecule has 0 aromatic heterocycles. The van der Waals surface area contributed by atoms with Crippen molar-refractivity contribution in [2.24, 2.45) is 0 Å². The maximum Gasteiger partial charge on any atom is 0.220 e. The van der Waals surface area contributed by atoms with Gasteiger partial charge >= 0.3 is 0 Å². The molecular weight excluding hydrogens is 526 g/mol. The van der Waals surface area contributed by atoms with E-state index >= 15 is 0 Å². The fraction of sp³-hybridized carbons (Fsp3) is 0.906. The van der Waals surface area contributed by atoms with Gasteiger partial charge < -0.3 is 40.3 Å². The minimum Gasteiger partial charge on any atom is -0.394 e. The highest BCUT2D eigenvalue weighted by Gasteiger charge is 2.44. The molecule has 1 saturated heterocycles. The van der Waals surface area contributed by atoms with Crippen LogP contribution in [-0.4, -0.2) is 87.5 Å². The molecule has 0 aliphatic carbocycles. The summed E-state index contributed by atoms with van der Waals surface area (Å²) < 4.78 is 11.1. The van der Waals surface area contributed by atoms with E-state index in [-0.39, 0.29) is 12.5 Å². The summed E-state index contributed by atoms with van der Waals surface area (Å²) in [6, 6.07) is -0.793. The lowest BCUT2D eigenvalue weighted by atomic mass is 9.99. The number of carbonyl (C=O) groups excluding carboxylic acids is 1. The summed E-state index contributed by atoms with van der Waals surface area (Å²) in [4.78, 5) is 12.6. The van der Waals surface area contributed by atoms with Gasteiger partial charge in [-0.3, -0.25) is 4.79 Å². The van der Waals surface area contributed by atoms with Gasteiger partial charge in [0.2, 0.25) is 5.91 Å². The molecule has 1 aliphatic rings. The molecule has 0 aromatic rings. The van der Waals surface area contributed by atoms with Gasteiger partial charge in [-0.1, -0.05) is 116 Å². The number of hydrogen-bond donors (Lipinski definition) is 6. The van der Waals surface area contributed by atoms with Crippen molar-refractivity contribution in [2.75, 3.05) is 13.2 Å². The van der Waals surface area contributed by atoms with Crippen LogP contribution in [0.15, 0.2) is 12.2 Å². The second kappa shape index (κ2) is 24.4. The van der Waals surface area contributed by atoms with Crippen LogP contribution < -0.4 is 5.32 Å². The Hall–Kier alpha value is -1.07. The van der Waals surface area contributed by atoms with Crippen molar-refractivity contribution in [1.82, 2.24) is 5.32 Å². The van der Waals surface area contributed by atoms with Crippen LogP contribution in [0, 0.1) is 0 Å². The molecule has 0 unspecified atom stereocenters. The highest BCUT2D eigenvalue weighted by Crippen LogP contribution is 2.22. The Morgan fingerprint density at radius 1 is 0.805 bits per heavy atom. The van der Waals surface area contributed by atoms with Gasteiger partial charge in [0.15, 0.2) is 6.29 Å². The first-order chi connectivity index (χ1) is 19.8. The van der Waals surface area contributed by atoms with Gasteiger partial charge in [-0.15, -0.1) is 0 Å². The Balaban J connectivity index is 2.53. The molecule has 0 aromatic carbocycles. The van der Waals surface area contributed by atoms with Crippen LogP contribution in [0.25, 0.3) is 0 Å². The van der Waals surface area contributed by atoms with Crippen molar-refractivity contribution in [2.45, 2.75) is 172 Å². The zero-order valence-corrected chi connectivity index (χ0v) is 25.8. The van der Waals surface area contributed by atoms with Gasteiger partial charge in [0.1, 0.15) is 24.4 Å². The smallest absolute Gasteiger partial charge is 0.220 e. The zero-order chi connectivity index (χ0) is 30.3. The molecule has 1 heterocycles. The van der Waals surface area contributed by atoms with E-state index in [4.69, 9.17) is 9.47 Å². The summed E-state index contributed by atoms with van der Waals surface area (Å²) in [6.45, 7) is 3.65. The highest BCUT2D eigenvalue weighted by molar-refractivity contribution is 5.76. The van der Waals surface area contributed by atoms with E-state index in [1.54, 1.807) is 6.08 Å². The summed E-state index contributed by atoms with van der Waals surface area (Å²) in [7, 11) is 0. The Kier molecular flexibility index (Phi) is 22.6. The SMILES string of the molecule is CCCCCCCCCCCC/C=C/[C@@H](O)[C@H](CO[C@@H]1O[C@H](CO)[C@H](O)[C@H](O)[C@H]1O)NC(=O)CCCCCCCC. The molecule has 9 heteroatoms. The molecule has 0 bridgehead atoms. The summed E-state index contributed by atoms with van der Waals surface area (Å²) in [6.07, 6.45) is 15.7. The second-order valence-electron chi connectivity index (χ2n) is 11.6. The van der Waals surface area contributed by atoms with Gasteiger partial charge in [0.05, 0.1) is 25.4 Å². The van der Waals surface area contributed by atoms with Crippen LogP contribution in [0.1, 0.15) is 129 Å². The molecule has 41 heavy (non-hydrogen) atoms. The average molecular weight is 588 g/mol. The fourth-order valence-electron chi connectivity index (χ4n) is 5.09. The van der Waals surface area contributed by atoms with Crippen LogP contribution in [0.3, 0.4) is 0 Å². The molecular formula is C32H61NO8. The number of nitrogens with one attached hydrogen (secondary N) is 1. The summed E-state index contributed by atoms with van der Waals surface area (Å²) in [5, 5.41) is 53.4. The van der Waals surface area contributed by atoms with E-state index in [2.05, 4.69) is 19.2 Å². The number of aliphatic hydroxyl groups excluding tert-OH is 5. The standard InChI is InChI=1S/C32H61NO8/c1-3-5-7-9-11-12-13-14-15-16-17-19-21-26(35)25(33-28(36)22-20-18-10-8-6-4-2)24-40-32-31(39)30(38)29(37)27(23-34)41-32/h19,21,25-27,29-32,34-35,37-39H,3-18,20,22-24H2,1-2H3,(H,33,36)/b21-19+/t25-,26+,27+,29-,30-,31+,32+/m0/s1. The van der Waals surface area contributed by atoms with Crippen LogP contribution in [0.2, 0.25) is 0 Å². The van der Waals surface area contributed by atoms with E-state index in [1.165, 1.54) is 64.2 Å². The maximum absolute atomic E-state index is 12.6. The number of amides is 1.